The highest BCUT2D eigenvalue weighted by Gasteiger charge is 2.54. The molecule has 0 aliphatic heterocycles. The van der Waals surface area contributed by atoms with Crippen LogP contribution in [0.4, 0.5) is 0 Å². The standard InChI is InChI=1S/C29H36O2/c1-20(30)31-23-14-18-29(3)22(19-23)9-10-24-25-15-17-28(2,26(25)11-12-27(24)29)16-13-21-7-5-4-6-8-21/h4-8,22-24,27H,9-12,14-15,17-19H2,1-3H3/t22-,23-,24+,27+,28-,29-/m1/s1. The number of benzene rings is 1. The highest BCUT2D eigenvalue weighted by molar-refractivity contribution is 5.66. The lowest BCUT2D eigenvalue weighted by Crippen LogP contribution is -2.49. The van der Waals surface area contributed by atoms with Gasteiger partial charge in [0.25, 0.3) is 0 Å². The van der Waals surface area contributed by atoms with Gasteiger partial charge in [-0.25, -0.2) is 0 Å². The molecule has 2 saturated carbocycles. The largest absolute Gasteiger partial charge is 0.463 e. The summed E-state index contributed by atoms with van der Waals surface area (Å²) < 4.78 is 5.62. The van der Waals surface area contributed by atoms with Crippen molar-refractivity contribution in [1.82, 2.24) is 0 Å². The quantitative estimate of drug-likeness (QED) is 0.289. The van der Waals surface area contributed by atoms with Gasteiger partial charge in [0.1, 0.15) is 6.10 Å². The molecule has 2 nitrogen and oxygen atoms in total. The molecule has 1 aromatic rings. The van der Waals surface area contributed by atoms with E-state index >= 15 is 0 Å². The minimum Gasteiger partial charge on any atom is -0.463 e. The van der Waals surface area contributed by atoms with E-state index in [9.17, 15) is 4.79 Å². The molecule has 164 valence electrons. The van der Waals surface area contributed by atoms with Gasteiger partial charge in [0.15, 0.2) is 0 Å². The van der Waals surface area contributed by atoms with E-state index in [1.807, 2.05) is 0 Å². The van der Waals surface area contributed by atoms with E-state index < -0.39 is 0 Å². The minimum absolute atomic E-state index is 0.0564. The summed E-state index contributed by atoms with van der Waals surface area (Å²) in [6, 6.07) is 10.4. The van der Waals surface area contributed by atoms with Crippen LogP contribution < -0.4 is 0 Å². The van der Waals surface area contributed by atoms with Crippen molar-refractivity contribution >= 4 is 5.97 Å². The first kappa shape index (κ1) is 20.9. The van der Waals surface area contributed by atoms with E-state index in [-0.39, 0.29) is 17.5 Å². The summed E-state index contributed by atoms with van der Waals surface area (Å²) in [5, 5.41) is 0. The van der Waals surface area contributed by atoms with Gasteiger partial charge in [-0.3, -0.25) is 4.79 Å². The molecule has 2 heteroatoms. The molecule has 0 bridgehead atoms. The molecule has 31 heavy (non-hydrogen) atoms. The summed E-state index contributed by atoms with van der Waals surface area (Å²) in [6.07, 6.45) is 11.1. The number of fused-ring (bicyclic) bond motifs is 4. The number of allylic oxidation sites excluding steroid dienone is 2. The Bertz CT molecular complexity index is 948. The zero-order valence-corrected chi connectivity index (χ0v) is 19.4. The molecule has 4 aliphatic carbocycles. The Morgan fingerprint density at radius 2 is 1.84 bits per heavy atom. The molecule has 0 aromatic heterocycles. The van der Waals surface area contributed by atoms with E-state index in [0.717, 1.165) is 30.2 Å². The van der Waals surface area contributed by atoms with Crippen molar-refractivity contribution in [2.75, 3.05) is 0 Å². The van der Waals surface area contributed by atoms with Gasteiger partial charge in [0.05, 0.1) is 5.41 Å². The second kappa shape index (κ2) is 7.84. The van der Waals surface area contributed by atoms with Gasteiger partial charge < -0.3 is 4.74 Å². The van der Waals surface area contributed by atoms with Gasteiger partial charge >= 0.3 is 5.97 Å². The molecule has 0 radical (unpaired) electrons. The summed E-state index contributed by atoms with van der Waals surface area (Å²) in [5.74, 6) is 9.33. The van der Waals surface area contributed by atoms with Crippen molar-refractivity contribution < 1.29 is 9.53 Å². The number of hydrogen-bond acceptors (Lipinski definition) is 2. The summed E-state index contributed by atoms with van der Waals surface area (Å²) in [6.45, 7) is 6.51. The monoisotopic (exact) mass is 416 g/mol. The Kier molecular flexibility index (Phi) is 5.28. The maximum atomic E-state index is 11.5. The average molecular weight is 417 g/mol. The molecule has 1 aromatic carbocycles. The molecule has 4 aliphatic rings. The number of carbonyl (C=O) groups excluding carboxylic acids is 1. The fourth-order valence-electron chi connectivity index (χ4n) is 7.70. The number of hydrogen-bond donors (Lipinski definition) is 0. The molecule has 2 fully saturated rings. The Balaban J connectivity index is 1.37. The van der Waals surface area contributed by atoms with E-state index in [2.05, 4.69) is 56.0 Å². The molecule has 0 unspecified atom stereocenters. The van der Waals surface area contributed by atoms with Crippen molar-refractivity contribution in [2.24, 2.45) is 28.6 Å². The Morgan fingerprint density at radius 1 is 1.03 bits per heavy atom. The van der Waals surface area contributed by atoms with Gasteiger partial charge in [0, 0.05) is 12.5 Å². The molecule has 6 atom stereocenters. The maximum Gasteiger partial charge on any atom is 0.302 e. The van der Waals surface area contributed by atoms with Gasteiger partial charge in [-0.1, -0.05) is 48.1 Å². The second-order valence-corrected chi connectivity index (χ2v) is 11.0. The third-order valence-electron chi connectivity index (χ3n) is 9.33. The molecular formula is C29H36O2. The lowest BCUT2D eigenvalue weighted by Gasteiger charge is -2.57. The van der Waals surface area contributed by atoms with Crippen molar-refractivity contribution in [3.63, 3.8) is 0 Å². The third-order valence-corrected chi connectivity index (χ3v) is 9.33. The molecule has 5 rings (SSSR count). The summed E-state index contributed by atoms with van der Waals surface area (Å²) in [7, 11) is 0. The van der Waals surface area contributed by atoms with Gasteiger partial charge in [-0.05, 0) is 100 Å². The van der Waals surface area contributed by atoms with Gasteiger partial charge in [-0.15, -0.1) is 0 Å². The van der Waals surface area contributed by atoms with Crippen LogP contribution in [0.25, 0.3) is 0 Å². The van der Waals surface area contributed by atoms with Crippen molar-refractivity contribution in [2.45, 2.75) is 84.7 Å². The van der Waals surface area contributed by atoms with Gasteiger partial charge in [-0.2, -0.15) is 0 Å². The zero-order valence-electron chi connectivity index (χ0n) is 19.4. The molecule has 0 N–H and O–H groups in total. The SMILES string of the molecule is CC(=O)O[C@@H]1CC[C@]2(C)[C@H](CC[C@H]3C4=C(CC[C@@H]32)[C@](C)(C#Cc2ccccc2)CC4)C1. The van der Waals surface area contributed by atoms with Crippen LogP contribution >= 0.6 is 0 Å². The molecular weight excluding hydrogens is 380 g/mol. The first-order chi connectivity index (χ1) is 14.9. The second-order valence-electron chi connectivity index (χ2n) is 11.0. The Morgan fingerprint density at radius 3 is 2.61 bits per heavy atom. The number of esters is 1. The minimum atomic E-state index is -0.114. The van der Waals surface area contributed by atoms with E-state index in [0.29, 0.717) is 11.3 Å². The fraction of sp³-hybridized carbons (Fsp3) is 0.621. The third kappa shape index (κ3) is 3.65. The first-order valence-corrected chi connectivity index (χ1v) is 12.4. The van der Waals surface area contributed by atoms with Crippen LogP contribution in [0.3, 0.4) is 0 Å². The summed E-state index contributed by atoms with van der Waals surface area (Å²) >= 11 is 0. The average Bonchev–Trinajstić information content (AvgIpc) is 3.10. The van der Waals surface area contributed by atoms with Gasteiger partial charge in [0.2, 0.25) is 0 Å². The highest BCUT2D eigenvalue weighted by Crippen LogP contribution is 2.63. The summed E-state index contributed by atoms with van der Waals surface area (Å²) in [5.41, 5.74) is 5.06. The van der Waals surface area contributed by atoms with Crippen LogP contribution in [-0.4, -0.2) is 12.1 Å². The molecule has 0 heterocycles. The van der Waals surface area contributed by atoms with Crippen LogP contribution in [0.5, 0.6) is 0 Å². The van der Waals surface area contributed by atoms with Crippen LogP contribution in [0, 0.1) is 40.4 Å². The predicted octanol–water partition coefficient (Wildman–Crippen LogP) is 6.69. The lowest BCUT2D eigenvalue weighted by atomic mass is 9.49. The van der Waals surface area contributed by atoms with Crippen LogP contribution in [0.1, 0.15) is 84.1 Å². The molecule has 0 amide bonds. The molecule has 0 saturated heterocycles. The topological polar surface area (TPSA) is 26.3 Å². The number of ether oxygens (including phenoxy) is 1. The van der Waals surface area contributed by atoms with Crippen LogP contribution in [-0.2, 0) is 9.53 Å². The first-order valence-electron chi connectivity index (χ1n) is 12.4. The van der Waals surface area contributed by atoms with Crippen molar-refractivity contribution in [1.29, 1.82) is 0 Å². The number of rotatable bonds is 1. The predicted molar refractivity (Wildman–Crippen MR) is 124 cm³/mol. The number of carbonyl (C=O) groups is 1. The zero-order chi connectivity index (χ0) is 21.6. The normalized spacial score (nSPS) is 38.9. The van der Waals surface area contributed by atoms with E-state index in [1.165, 1.54) is 44.9 Å². The van der Waals surface area contributed by atoms with Crippen LogP contribution in [0.15, 0.2) is 41.5 Å². The fourth-order valence-corrected chi connectivity index (χ4v) is 7.70. The van der Waals surface area contributed by atoms with E-state index in [4.69, 9.17) is 4.74 Å². The Hall–Kier alpha value is -2.01. The maximum absolute atomic E-state index is 11.5. The van der Waals surface area contributed by atoms with Crippen molar-refractivity contribution in [3.05, 3.63) is 47.0 Å². The smallest absolute Gasteiger partial charge is 0.302 e. The Labute approximate surface area is 187 Å². The van der Waals surface area contributed by atoms with E-state index in [1.54, 1.807) is 18.1 Å². The van der Waals surface area contributed by atoms with Crippen LogP contribution in [0.2, 0.25) is 0 Å². The lowest BCUT2D eigenvalue weighted by molar-refractivity contribution is -0.154. The molecule has 0 spiro atoms. The van der Waals surface area contributed by atoms with Crippen molar-refractivity contribution in [3.8, 4) is 11.8 Å². The highest BCUT2D eigenvalue weighted by atomic mass is 16.5. The summed E-state index contributed by atoms with van der Waals surface area (Å²) in [4.78, 5) is 11.5.